The summed E-state index contributed by atoms with van der Waals surface area (Å²) in [6.07, 6.45) is 2.43. The molecule has 2 unspecified atom stereocenters. The highest BCUT2D eigenvalue weighted by Gasteiger charge is 2.13. The summed E-state index contributed by atoms with van der Waals surface area (Å²) in [5.74, 6) is 1.61. The van der Waals surface area contributed by atoms with Gasteiger partial charge in [-0.1, -0.05) is 45.9 Å². The maximum Gasteiger partial charge on any atom is 0.123 e. The molecule has 0 heterocycles. The molecule has 102 valence electrons. The molecule has 1 aromatic carbocycles. The normalized spacial score (nSPS) is 14.2. The van der Waals surface area contributed by atoms with Gasteiger partial charge in [0, 0.05) is 6.54 Å². The minimum atomic E-state index is 0.259. The van der Waals surface area contributed by atoms with Gasteiger partial charge in [-0.3, -0.25) is 0 Å². The quantitative estimate of drug-likeness (QED) is 0.753. The number of nitrogens with one attached hydrogen (secondary N) is 1. The van der Waals surface area contributed by atoms with Crippen molar-refractivity contribution in [3.8, 4) is 5.75 Å². The molecule has 0 aliphatic rings. The van der Waals surface area contributed by atoms with E-state index in [0.717, 1.165) is 31.7 Å². The highest BCUT2D eigenvalue weighted by molar-refractivity contribution is 5.36. The molecule has 0 aliphatic carbocycles. The van der Waals surface area contributed by atoms with Crippen molar-refractivity contribution in [1.82, 2.24) is 5.32 Å². The molecule has 2 nitrogen and oxygen atoms in total. The molecule has 0 aliphatic heterocycles. The molecule has 18 heavy (non-hydrogen) atoms. The van der Waals surface area contributed by atoms with Crippen molar-refractivity contribution in [2.45, 2.75) is 52.6 Å². The Kier molecular flexibility index (Phi) is 6.81. The monoisotopic (exact) mass is 249 g/mol. The Balaban J connectivity index is 2.75. The van der Waals surface area contributed by atoms with Crippen LogP contribution in [0.15, 0.2) is 24.3 Å². The van der Waals surface area contributed by atoms with Crippen molar-refractivity contribution in [3.63, 3.8) is 0 Å². The molecule has 1 N–H and O–H groups in total. The molecular formula is C16H27NO. The van der Waals surface area contributed by atoms with Crippen molar-refractivity contribution < 1.29 is 4.74 Å². The molecule has 0 saturated heterocycles. The topological polar surface area (TPSA) is 21.3 Å². The first-order valence-electron chi connectivity index (χ1n) is 7.19. The Hall–Kier alpha value is -1.02. The van der Waals surface area contributed by atoms with E-state index in [-0.39, 0.29) is 6.10 Å². The Morgan fingerprint density at radius 2 is 1.83 bits per heavy atom. The Labute approximate surface area is 112 Å². The van der Waals surface area contributed by atoms with Crippen molar-refractivity contribution in [3.05, 3.63) is 29.8 Å². The zero-order valence-electron chi connectivity index (χ0n) is 12.2. The fourth-order valence-corrected chi connectivity index (χ4v) is 1.97. The van der Waals surface area contributed by atoms with Gasteiger partial charge < -0.3 is 10.1 Å². The molecule has 0 bridgehead atoms. The van der Waals surface area contributed by atoms with E-state index in [1.807, 2.05) is 0 Å². The molecule has 0 aromatic heterocycles. The van der Waals surface area contributed by atoms with E-state index in [4.69, 9.17) is 4.74 Å². The standard InChI is InChI=1S/C16H27NO/c1-5-13(4)15-10-8-9-11-16(15)18-14(6-2)12-17-7-3/h8-11,13-14,17H,5-7,12H2,1-4H3. The summed E-state index contributed by atoms with van der Waals surface area (Å²) in [6.45, 7) is 10.7. The average Bonchev–Trinajstić information content (AvgIpc) is 2.43. The van der Waals surface area contributed by atoms with Crippen molar-refractivity contribution in [1.29, 1.82) is 0 Å². The average molecular weight is 249 g/mol. The fourth-order valence-electron chi connectivity index (χ4n) is 1.97. The lowest BCUT2D eigenvalue weighted by Gasteiger charge is -2.22. The van der Waals surface area contributed by atoms with Gasteiger partial charge in [0.1, 0.15) is 11.9 Å². The first-order valence-corrected chi connectivity index (χ1v) is 7.19. The molecule has 0 radical (unpaired) electrons. The molecular weight excluding hydrogens is 222 g/mol. The van der Waals surface area contributed by atoms with Crippen LogP contribution in [-0.2, 0) is 0 Å². The third-order valence-electron chi connectivity index (χ3n) is 3.43. The maximum atomic E-state index is 6.16. The predicted molar refractivity (Wildman–Crippen MR) is 78.4 cm³/mol. The lowest BCUT2D eigenvalue weighted by atomic mass is 9.98. The number of likely N-dealkylation sites (N-methyl/N-ethyl adjacent to an activating group) is 1. The van der Waals surface area contributed by atoms with Crippen LogP contribution >= 0.6 is 0 Å². The van der Waals surface area contributed by atoms with Gasteiger partial charge in [-0.15, -0.1) is 0 Å². The van der Waals surface area contributed by atoms with Crippen LogP contribution in [-0.4, -0.2) is 19.2 Å². The number of hydrogen-bond acceptors (Lipinski definition) is 2. The van der Waals surface area contributed by atoms with Gasteiger partial charge >= 0.3 is 0 Å². The maximum absolute atomic E-state index is 6.16. The van der Waals surface area contributed by atoms with E-state index in [1.54, 1.807) is 0 Å². The summed E-state index contributed by atoms with van der Waals surface area (Å²) in [5.41, 5.74) is 1.33. The third-order valence-corrected chi connectivity index (χ3v) is 3.43. The van der Waals surface area contributed by atoms with Gasteiger partial charge in [0.25, 0.3) is 0 Å². The first-order chi connectivity index (χ1) is 8.72. The highest BCUT2D eigenvalue weighted by Crippen LogP contribution is 2.29. The summed E-state index contributed by atoms with van der Waals surface area (Å²) >= 11 is 0. The third kappa shape index (κ3) is 4.34. The predicted octanol–water partition coefficient (Wildman–Crippen LogP) is 3.97. The SMILES string of the molecule is CCNCC(CC)Oc1ccccc1C(C)CC. The Morgan fingerprint density at radius 1 is 1.11 bits per heavy atom. The summed E-state index contributed by atoms with van der Waals surface area (Å²) in [5, 5.41) is 3.36. The number of hydrogen-bond donors (Lipinski definition) is 1. The van der Waals surface area contributed by atoms with E-state index in [0.29, 0.717) is 5.92 Å². The van der Waals surface area contributed by atoms with Gasteiger partial charge in [-0.25, -0.2) is 0 Å². The lowest BCUT2D eigenvalue weighted by molar-refractivity contribution is 0.191. The van der Waals surface area contributed by atoms with Crippen LogP contribution in [0.25, 0.3) is 0 Å². The van der Waals surface area contributed by atoms with E-state index >= 15 is 0 Å². The van der Waals surface area contributed by atoms with E-state index in [9.17, 15) is 0 Å². The minimum Gasteiger partial charge on any atom is -0.489 e. The fraction of sp³-hybridized carbons (Fsp3) is 0.625. The Morgan fingerprint density at radius 3 is 2.44 bits per heavy atom. The molecule has 2 heteroatoms. The first kappa shape index (κ1) is 15.0. The number of rotatable bonds is 8. The second-order valence-electron chi connectivity index (χ2n) is 4.80. The number of para-hydroxylation sites is 1. The van der Waals surface area contributed by atoms with Crippen molar-refractivity contribution in [2.24, 2.45) is 0 Å². The van der Waals surface area contributed by atoms with E-state index in [2.05, 4.69) is 57.3 Å². The second kappa shape index (κ2) is 8.15. The minimum absolute atomic E-state index is 0.259. The molecule has 1 aromatic rings. The molecule has 1 rings (SSSR count). The van der Waals surface area contributed by atoms with Crippen LogP contribution in [0.4, 0.5) is 0 Å². The molecule has 2 atom stereocenters. The van der Waals surface area contributed by atoms with Crippen LogP contribution in [0.3, 0.4) is 0 Å². The summed E-state index contributed by atoms with van der Waals surface area (Å²) < 4.78 is 6.16. The van der Waals surface area contributed by atoms with Crippen LogP contribution in [0.2, 0.25) is 0 Å². The number of ether oxygens (including phenoxy) is 1. The van der Waals surface area contributed by atoms with Gasteiger partial charge in [-0.2, -0.15) is 0 Å². The molecule has 0 saturated carbocycles. The zero-order chi connectivity index (χ0) is 13.4. The Bertz CT molecular complexity index is 338. The van der Waals surface area contributed by atoms with Crippen molar-refractivity contribution >= 4 is 0 Å². The molecule has 0 spiro atoms. The van der Waals surface area contributed by atoms with Crippen molar-refractivity contribution in [2.75, 3.05) is 13.1 Å². The van der Waals surface area contributed by atoms with E-state index < -0.39 is 0 Å². The van der Waals surface area contributed by atoms with Crippen LogP contribution in [0.1, 0.15) is 52.0 Å². The van der Waals surface area contributed by atoms with Crippen LogP contribution < -0.4 is 10.1 Å². The van der Waals surface area contributed by atoms with Crippen LogP contribution in [0.5, 0.6) is 5.75 Å². The largest absolute Gasteiger partial charge is 0.489 e. The van der Waals surface area contributed by atoms with E-state index in [1.165, 1.54) is 5.56 Å². The zero-order valence-corrected chi connectivity index (χ0v) is 12.2. The molecule has 0 amide bonds. The lowest BCUT2D eigenvalue weighted by Crippen LogP contribution is -2.31. The smallest absolute Gasteiger partial charge is 0.123 e. The summed E-state index contributed by atoms with van der Waals surface area (Å²) in [6, 6.07) is 8.43. The van der Waals surface area contributed by atoms with Gasteiger partial charge in [-0.05, 0) is 36.9 Å². The summed E-state index contributed by atoms with van der Waals surface area (Å²) in [4.78, 5) is 0. The van der Waals surface area contributed by atoms with Gasteiger partial charge in [0.15, 0.2) is 0 Å². The van der Waals surface area contributed by atoms with Gasteiger partial charge in [0.05, 0.1) is 0 Å². The summed E-state index contributed by atoms with van der Waals surface area (Å²) in [7, 11) is 0. The number of benzene rings is 1. The second-order valence-corrected chi connectivity index (χ2v) is 4.80. The molecule has 0 fully saturated rings. The highest BCUT2D eigenvalue weighted by atomic mass is 16.5. The van der Waals surface area contributed by atoms with Gasteiger partial charge in [0.2, 0.25) is 0 Å². The van der Waals surface area contributed by atoms with Crippen LogP contribution in [0, 0.1) is 0 Å².